The number of anilines is 1. The molecule has 4 heterocycles. The van der Waals surface area contributed by atoms with E-state index in [4.69, 9.17) is 4.52 Å². The topological polar surface area (TPSA) is 106 Å². The summed E-state index contributed by atoms with van der Waals surface area (Å²) in [5, 5.41) is 6.91. The second-order valence-corrected chi connectivity index (χ2v) is 11.7. The maximum Gasteiger partial charge on any atom is 0.274 e. The molecular formula is C27H28F2N6O3S. The van der Waals surface area contributed by atoms with Crippen LogP contribution < -0.4 is 5.32 Å². The van der Waals surface area contributed by atoms with Crippen LogP contribution in [0.1, 0.15) is 65.0 Å². The third-order valence-corrected chi connectivity index (χ3v) is 8.78. The van der Waals surface area contributed by atoms with Gasteiger partial charge in [-0.15, -0.1) is 0 Å². The van der Waals surface area contributed by atoms with Crippen LogP contribution in [-0.2, 0) is 11.0 Å². The molecule has 1 aromatic carbocycles. The fourth-order valence-corrected chi connectivity index (χ4v) is 6.03. The number of nitrogens with one attached hydrogen (secondary N) is 1. The van der Waals surface area contributed by atoms with Crippen molar-refractivity contribution in [2.24, 2.45) is 0 Å². The Balaban J connectivity index is 1.17. The van der Waals surface area contributed by atoms with E-state index in [1.54, 1.807) is 29.0 Å². The quantitative estimate of drug-likeness (QED) is 0.362. The van der Waals surface area contributed by atoms with E-state index in [-0.39, 0.29) is 30.5 Å². The number of carbonyl (C=O) groups is 1. The van der Waals surface area contributed by atoms with E-state index in [1.165, 1.54) is 0 Å². The monoisotopic (exact) mass is 554 g/mol. The van der Waals surface area contributed by atoms with Crippen LogP contribution in [0, 0.1) is 6.92 Å². The van der Waals surface area contributed by atoms with Gasteiger partial charge in [-0.25, -0.2) is 22.3 Å². The molecule has 9 nitrogen and oxygen atoms in total. The average molecular weight is 555 g/mol. The normalized spacial score (nSPS) is 19.2. The SMILES string of the molecule is Cc1ccc(-c2noc(C3CC(F)(F)C3)n2)cc1NC(=O)c1cnc2cc(C3CCN(S(C)=O)CC3)ccn12. The number of imidazole rings is 1. The molecule has 0 bridgehead atoms. The molecule has 3 aromatic heterocycles. The van der Waals surface area contributed by atoms with E-state index in [0.29, 0.717) is 28.5 Å². The highest BCUT2D eigenvalue weighted by atomic mass is 32.2. The van der Waals surface area contributed by atoms with Gasteiger partial charge in [-0.1, -0.05) is 17.3 Å². The first kappa shape index (κ1) is 25.8. The standard InChI is InChI=1S/C27H28F2N6O3S/c1-16-3-4-19(24-32-26(38-33-24)20-13-27(28,29)14-20)11-21(16)31-25(36)22-15-30-23-12-18(7-10-35(22)23)17-5-8-34(9-6-17)39(2)37/h3-4,7,10-12,15,17,20H,5-6,8-9,13-14H2,1-2H3,(H,31,36). The number of aryl methyl sites for hydroxylation is 1. The van der Waals surface area contributed by atoms with Crippen LogP contribution in [0.3, 0.4) is 0 Å². The molecule has 1 saturated heterocycles. The van der Waals surface area contributed by atoms with Gasteiger partial charge in [0.1, 0.15) is 11.3 Å². The predicted octanol–water partition coefficient (Wildman–Crippen LogP) is 4.93. The molecule has 6 rings (SSSR count). The van der Waals surface area contributed by atoms with Crippen molar-refractivity contribution in [1.82, 2.24) is 23.8 Å². The summed E-state index contributed by atoms with van der Waals surface area (Å²) in [4.78, 5) is 22.0. The molecule has 12 heteroatoms. The molecule has 204 valence electrons. The number of hydrogen-bond acceptors (Lipinski definition) is 6. The van der Waals surface area contributed by atoms with Gasteiger partial charge in [0, 0.05) is 55.6 Å². The number of pyridine rings is 1. The first-order chi connectivity index (χ1) is 18.7. The number of fused-ring (bicyclic) bond motifs is 1. The molecule has 1 aliphatic heterocycles. The molecular weight excluding hydrogens is 526 g/mol. The molecule has 1 amide bonds. The Kier molecular flexibility index (Phi) is 6.54. The Morgan fingerprint density at radius 1 is 1.15 bits per heavy atom. The zero-order valence-electron chi connectivity index (χ0n) is 21.6. The zero-order chi connectivity index (χ0) is 27.3. The Hall–Kier alpha value is -3.51. The molecule has 1 N–H and O–H groups in total. The summed E-state index contributed by atoms with van der Waals surface area (Å²) in [6, 6.07) is 9.41. The highest BCUT2D eigenvalue weighted by Gasteiger charge is 2.48. The van der Waals surface area contributed by atoms with E-state index in [1.807, 2.05) is 35.6 Å². The molecule has 1 atom stereocenters. The molecule has 1 aliphatic carbocycles. The smallest absolute Gasteiger partial charge is 0.274 e. The first-order valence-corrected chi connectivity index (χ1v) is 14.4. The minimum absolute atomic E-state index is 0.207. The van der Waals surface area contributed by atoms with Crippen molar-refractivity contribution in [3.63, 3.8) is 0 Å². The summed E-state index contributed by atoms with van der Waals surface area (Å²) < 4.78 is 47.2. The lowest BCUT2D eigenvalue weighted by molar-refractivity contribution is -0.0925. The van der Waals surface area contributed by atoms with E-state index in [9.17, 15) is 17.8 Å². The highest BCUT2D eigenvalue weighted by molar-refractivity contribution is 7.81. The summed E-state index contributed by atoms with van der Waals surface area (Å²) in [6.45, 7) is 3.46. The highest BCUT2D eigenvalue weighted by Crippen LogP contribution is 2.48. The van der Waals surface area contributed by atoms with Crippen molar-refractivity contribution in [2.75, 3.05) is 24.7 Å². The summed E-state index contributed by atoms with van der Waals surface area (Å²) in [5.74, 6) is -2.57. The van der Waals surface area contributed by atoms with Crippen LogP contribution in [0.15, 0.2) is 47.2 Å². The Morgan fingerprint density at radius 2 is 1.92 bits per heavy atom. The zero-order valence-corrected chi connectivity index (χ0v) is 22.4. The van der Waals surface area contributed by atoms with E-state index >= 15 is 0 Å². The lowest BCUT2D eigenvalue weighted by atomic mass is 9.81. The Bertz CT molecular complexity index is 1570. The van der Waals surface area contributed by atoms with Crippen molar-refractivity contribution in [2.45, 2.75) is 50.4 Å². The van der Waals surface area contributed by atoms with Gasteiger partial charge in [0.25, 0.3) is 5.91 Å². The van der Waals surface area contributed by atoms with Crippen LogP contribution >= 0.6 is 0 Å². The van der Waals surface area contributed by atoms with Crippen molar-refractivity contribution >= 4 is 28.2 Å². The predicted molar refractivity (Wildman–Crippen MR) is 142 cm³/mol. The largest absolute Gasteiger partial charge is 0.339 e. The number of rotatable bonds is 6. The second kappa shape index (κ2) is 9.91. The number of piperidine rings is 1. The van der Waals surface area contributed by atoms with E-state index < -0.39 is 22.8 Å². The van der Waals surface area contributed by atoms with Crippen LogP contribution in [0.2, 0.25) is 0 Å². The maximum absolute atomic E-state index is 13.2. The number of nitrogens with zero attached hydrogens (tertiary/aromatic N) is 5. The number of halogens is 2. The molecule has 2 aliphatic rings. The molecule has 0 spiro atoms. The van der Waals surface area contributed by atoms with Crippen molar-refractivity contribution in [3.05, 3.63) is 65.4 Å². The number of hydrogen-bond donors (Lipinski definition) is 1. The third-order valence-electron chi connectivity index (χ3n) is 7.68. The molecule has 39 heavy (non-hydrogen) atoms. The van der Waals surface area contributed by atoms with Crippen molar-refractivity contribution < 1.29 is 22.3 Å². The average Bonchev–Trinajstić information content (AvgIpc) is 3.56. The molecule has 1 unspecified atom stereocenters. The van der Waals surface area contributed by atoms with Gasteiger partial charge in [0.15, 0.2) is 0 Å². The van der Waals surface area contributed by atoms with Crippen molar-refractivity contribution in [3.8, 4) is 11.4 Å². The Morgan fingerprint density at radius 3 is 2.64 bits per heavy atom. The second-order valence-electron chi connectivity index (χ2n) is 10.4. The minimum Gasteiger partial charge on any atom is -0.339 e. The summed E-state index contributed by atoms with van der Waals surface area (Å²) >= 11 is 0. The summed E-state index contributed by atoms with van der Waals surface area (Å²) in [7, 11) is -0.945. The molecule has 0 radical (unpaired) electrons. The van der Waals surface area contributed by atoms with Crippen LogP contribution in [0.4, 0.5) is 14.5 Å². The fraction of sp³-hybridized carbons (Fsp3) is 0.407. The molecule has 1 saturated carbocycles. The molecule has 2 fully saturated rings. The summed E-state index contributed by atoms with van der Waals surface area (Å²) in [6.07, 6.45) is 6.41. The lowest BCUT2D eigenvalue weighted by Gasteiger charge is -2.31. The number of alkyl halides is 2. The number of benzene rings is 1. The number of carbonyl (C=O) groups excluding carboxylic acids is 1. The summed E-state index contributed by atoms with van der Waals surface area (Å²) in [5.41, 5.74) is 4.26. The van der Waals surface area contributed by atoms with Gasteiger partial charge in [-0.3, -0.25) is 9.20 Å². The number of aromatic nitrogens is 4. The first-order valence-electron chi connectivity index (χ1n) is 12.9. The minimum atomic E-state index is -2.67. The van der Waals surface area contributed by atoms with Crippen LogP contribution in [0.5, 0.6) is 0 Å². The lowest BCUT2D eigenvalue weighted by Crippen LogP contribution is -2.33. The van der Waals surface area contributed by atoms with Crippen LogP contribution in [-0.4, -0.2) is 59.2 Å². The van der Waals surface area contributed by atoms with Crippen molar-refractivity contribution in [1.29, 1.82) is 0 Å². The fourth-order valence-electron chi connectivity index (χ4n) is 5.30. The van der Waals surface area contributed by atoms with Gasteiger partial charge in [-0.2, -0.15) is 4.98 Å². The number of amides is 1. The van der Waals surface area contributed by atoms with Gasteiger partial charge < -0.3 is 9.84 Å². The van der Waals surface area contributed by atoms with E-state index in [2.05, 4.69) is 20.4 Å². The van der Waals surface area contributed by atoms with Gasteiger partial charge in [-0.05, 0) is 55.0 Å². The van der Waals surface area contributed by atoms with Gasteiger partial charge >= 0.3 is 0 Å². The van der Waals surface area contributed by atoms with E-state index in [0.717, 1.165) is 37.1 Å². The maximum atomic E-state index is 13.2. The van der Waals surface area contributed by atoms with Gasteiger partial charge in [0.2, 0.25) is 17.6 Å². The third kappa shape index (κ3) is 5.10. The van der Waals surface area contributed by atoms with Gasteiger partial charge in [0.05, 0.1) is 17.2 Å². The molecule has 4 aromatic rings. The Labute approximate surface area is 226 Å². The van der Waals surface area contributed by atoms with Crippen LogP contribution in [0.25, 0.3) is 17.0 Å².